The lowest BCUT2D eigenvalue weighted by Gasteiger charge is -2.35. The molecule has 0 radical (unpaired) electrons. The van der Waals surface area contributed by atoms with E-state index < -0.39 is 5.60 Å². The van der Waals surface area contributed by atoms with Crippen LogP contribution >= 0.6 is 11.6 Å². The number of hydrogen-bond donors (Lipinski definition) is 1. The molecule has 2 atom stereocenters. The first-order valence-electron chi connectivity index (χ1n) is 6.91. The second-order valence-electron chi connectivity index (χ2n) is 5.62. The van der Waals surface area contributed by atoms with Gasteiger partial charge in [0.2, 0.25) is 0 Å². The van der Waals surface area contributed by atoms with Gasteiger partial charge >= 0.3 is 0 Å². The Morgan fingerprint density at radius 3 is 2.80 bits per heavy atom. The molecule has 20 heavy (non-hydrogen) atoms. The first-order chi connectivity index (χ1) is 9.61. The van der Waals surface area contributed by atoms with Crippen LogP contribution in [-0.4, -0.2) is 19.9 Å². The molecule has 1 unspecified atom stereocenters. The Hall–Kier alpha value is -1.39. The minimum absolute atomic E-state index is 0.131. The Kier molecular flexibility index (Phi) is 3.52. The van der Waals surface area contributed by atoms with Crippen LogP contribution in [0.3, 0.4) is 0 Å². The molecule has 1 aliphatic carbocycles. The molecule has 1 aliphatic rings. The molecular formula is C15H18ClN3O. The van der Waals surface area contributed by atoms with Gasteiger partial charge in [-0.3, -0.25) is 0 Å². The van der Waals surface area contributed by atoms with Crippen molar-refractivity contribution in [2.24, 2.45) is 11.8 Å². The number of nitrogens with zero attached hydrogens (tertiary/aromatic N) is 3. The second kappa shape index (κ2) is 5.19. The highest BCUT2D eigenvalue weighted by Gasteiger charge is 2.45. The quantitative estimate of drug-likeness (QED) is 0.921. The van der Waals surface area contributed by atoms with E-state index in [1.807, 2.05) is 24.3 Å². The van der Waals surface area contributed by atoms with Gasteiger partial charge in [-0.1, -0.05) is 36.7 Å². The van der Waals surface area contributed by atoms with E-state index in [1.54, 1.807) is 11.0 Å². The summed E-state index contributed by atoms with van der Waals surface area (Å²) in [5.74, 6) is 0.686. The molecule has 3 rings (SSSR count). The van der Waals surface area contributed by atoms with Crippen molar-refractivity contribution in [2.75, 3.05) is 0 Å². The van der Waals surface area contributed by atoms with Crippen molar-refractivity contribution in [3.05, 3.63) is 47.5 Å². The van der Waals surface area contributed by atoms with Gasteiger partial charge in [-0.25, -0.2) is 9.67 Å². The van der Waals surface area contributed by atoms with E-state index in [-0.39, 0.29) is 5.92 Å². The van der Waals surface area contributed by atoms with Gasteiger partial charge in [-0.15, -0.1) is 0 Å². The lowest BCUT2D eigenvalue weighted by Crippen LogP contribution is -2.39. The van der Waals surface area contributed by atoms with E-state index in [9.17, 15) is 5.11 Å². The number of benzene rings is 1. The normalized spacial score (nSPS) is 19.6. The summed E-state index contributed by atoms with van der Waals surface area (Å²) in [4.78, 5) is 3.95. The third-order valence-electron chi connectivity index (χ3n) is 4.29. The largest absolute Gasteiger partial charge is 0.383 e. The van der Waals surface area contributed by atoms with Crippen molar-refractivity contribution in [2.45, 2.75) is 31.9 Å². The van der Waals surface area contributed by atoms with Crippen LogP contribution < -0.4 is 0 Å². The molecule has 0 aliphatic heterocycles. The van der Waals surface area contributed by atoms with Crippen LogP contribution in [0.15, 0.2) is 36.9 Å². The number of rotatable bonds is 5. The van der Waals surface area contributed by atoms with Gasteiger partial charge in [0.05, 0.1) is 6.54 Å². The molecule has 2 aromatic rings. The molecule has 0 spiro atoms. The molecular weight excluding hydrogens is 274 g/mol. The predicted molar refractivity (Wildman–Crippen MR) is 77.3 cm³/mol. The molecule has 0 saturated heterocycles. The Balaban J connectivity index is 2.00. The van der Waals surface area contributed by atoms with Crippen LogP contribution in [-0.2, 0) is 12.1 Å². The van der Waals surface area contributed by atoms with Crippen molar-refractivity contribution in [3.8, 4) is 0 Å². The third kappa shape index (κ3) is 2.45. The van der Waals surface area contributed by atoms with Crippen molar-refractivity contribution in [1.29, 1.82) is 0 Å². The van der Waals surface area contributed by atoms with Gasteiger partial charge in [-0.2, -0.15) is 5.10 Å². The maximum atomic E-state index is 11.3. The fourth-order valence-electron chi connectivity index (χ4n) is 2.83. The van der Waals surface area contributed by atoms with Gasteiger partial charge in [0.25, 0.3) is 0 Å². The molecule has 1 N–H and O–H groups in total. The minimum atomic E-state index is -1.02. The van der Waals surface area contributed by atoms with Crippen molar-refractivity contribution in [1.82, 2.24) is 14.8 Å². The summed E-state index contributed by atoms with van der Waals surface area (Å²) >= 11 is 6.31. The van der Waals surface area contributed by atoms with Crippen molar-refractivity contribution in [3.63, 3.8) is 0 Å². The molecule has 5 heteroatoms. The summed E-state index contributed by atoms with van der Waals surface area (Å²) in [5, 5.41) is 16.1. The van der Waals surface area contributed by atoms with E-state index in [0.717, 1.165) is 5.56 Å². The molecule has 1 saturated carbocycles. The Morgan fingerprint density at radius 2 is 2.20 bits per heavy atom. The maximum Gasteiger partial charge on any atom is 0.137 e. The van der Waals surface area contributed by atoms with E-state index in [4.69, 9.17) is 11.6 Å². The maximum absolute atomic E-state index is 11.3. The van der Waals surface area contributed by atoms with E-state index >= 15 is 0 Å². The number of halogens is 1. The molecule has 1 fully saturated rings. The average molecular weight is 292 g/mol. The fourth-order valence-corrected chi connectivity index (χ4v) is 3.13. The van der Waals surface area contributed by atoms with Crippen LogP contribution in [0.2, 0.25) is 5.02 Å². The summed E-state index contributed by atoms with van der Waals surface area (Å²) < 4.78 is 1.67. The average Bonchev–Trinajstić information content (AvgIpc) is 3.17. The van der Waals surface area contributed by atoms with E-state index in [1.165, 1.54) is 19.2 Å². The van der Waals surface area contributed by atoms with E-state index in [0.29, 0.717) is 17.5 Å². The Labute approximate surface area is 123 Å². The number of aliphatic hydroxyl groups is 1. The minimum Gasteiger partial charge on any atom is -0.383 e. The summed E-state index contributed by atoms with van der Waals surface area (Å²) in [6.45, 7) is 2.46. The van der Waals surface area contributed by atoms with Gasteiger partial charge < -0.3 is 5.11 Å². The van der Waals surface area contributed by atoms with Gasteiger partial charge in [0.1, 0.15) is 18.3 Å². The number of aromatic nitrogens is 3. The lowest BCUT2D eigenvalue weighted by molar-refractivity contribution is -0.0441. The monoisotopic (exact) mass is 291 g/mol. The number of hydrogen-bond acceptors (Lipinski definition) is 3. The molecule has 1 heterocycles. The standard InChI is InChI=1S/C15H18ClN3O/c1-11(12-6-7-12)15(20,8-19-10-17-9-18-19)13-4-2-3-5-14(13)16/h2-5,9-12,20H,6-8H2,1H3/t11?,15-/m1/s1. The zero-order chi connectivity index (χ0) is 14.2. The fraction of sp³-hybridized carbons (Fsp3) is 0.467. The molecule has 1 aromatic heterocycles. The summed E-state index contributed by atoms with van der Waals surface area (Å²) in [7, 11) is 0. The predicted octanol–water partition coefficient (Wildman–Crippen LogP) is 2.87. The Morgan fingerprint density at radius 1 is 1.45 bits per heavy atom. The molecule has 0 bridgehead atoms. The highest BCUT2D eigenvalue weighted by atomic mass is 35.5. The zero-order valence-electron chi connectivity index (χ0n) is 11.4. The van der Waals surface area contributed by atoms with Crippen LogP contribution in [0.25, 0.3) is 0 Å². The van der Waals surface area contributed by atoms with Crippen LogP contribution in [0.1, 0.15) is 25.3 Å². The van der Waals surface area contributed by atoms with Crippen LogP contribution in [0.5, 0.6) is 0 Å². The molecule has 106 valence electrons. The zero-order valence-corrected chi connectivity index (χ0v) is 12.2. The molecule has 1 aromatic carbocycles. The van der Waals surface area contributed by atoms with Gasteiger partial charge in [-0.05, 0) is 30.7 Å². The van der Waals surface area contributed by atoms with Gasteiger partial charge in [0, 0.05) is 10.6 Å². The Bertz CT molecular complexity index is 583. The summed E-state index contributed by atoms with van der Waals surface area (Å²) in [6.07, 6.45) is 5.45. The highest BCUT2D eigenvalue weighted by Crippen LogP contribution is 2.47. The highest BCUT2D eigenvalue weighted by molar-refractivity contribution is 6.31. The van der Waals surface area contributed by atoms with Crippen molar-refractivity contribution >= 4 is 11.6 Å². The first kappa shape index (κ1) is 13.6. The summed E-state index contributed by atoms with van der Waals surface area (Å²) in [5.41, 5.74) is -0.246. The topological polar surface area (TPSA) is 50.9 Å². The third-order valence-corrected chi connectivity index (χ3v) is 4.62. The second-order valence-corrected chi connectivity index (χ2v) is 6.03. The molecule has 0 amide bonds. The summed E-state index contributed by atoms with van der Waals surface area (Å²) in [6, 6.07) is 7.51. The smallest absolute Gasteiger partial charge is 0.137 e. The lowest BCUT2D eigenvalue weighted by atomic mass is 9.79. The van der Waals surface area contributed by atoms with Gasteiger partial charge in [0.15, 0.2) is 0 Å². The van der Waals surface area contributed by atoms with Crippen LogP contribution in [0, 0.1) is 11.8 Å². The van der Waals surface area contributed by atoms with Crippen molar-refractivity contribution < 1.29 is 5.11 Å². The molecule has 4 nitrogen and oxygen atoms in total. The SMILES string of the molecule is CC(C1CC1)[C@](O)(Cn1cncn1)c1ccccc1Cl. The first-order valence-corrected chi connectivity index (χ1v) is 7.29. The van der Waals surface area contributed by atoms with E-state index in [2.05, 4.69) is 17.0 Å². The van der Waals surface area contributed by atoms with Crippen LogP contribution in [0.4, 0.5) is 0 Å².